The largest absolute Gasteiger partial charge is 0.386 e. The van der Waals surface area contributed by atoms with Crippen molar-refractivity contribution in [3.05, 3.63) is 43.9 Å². The maximum atomic E-state index is 14.5. The zero-order chi connectivity index (χ0) is 34.5. The van der Waals surface area contributed by atoms with Crippen molar-refractivity contribution in [3.63, 3.8) is 0 Å². The van der Waals surface area contributed by atoms with Gasteiger partial charge in [-0.3, -0.25) is 0 Å². The van der Waals surface area contributed by atoms with Crippen LogP contribution in [-0.2, 0) is 24.5 Å². The van der Waals surface area contributed by atoms with Crippen molar-refractivity contribution in [2.45, 2.75) is 160 Å². The highest BCUT2D eigenvalue weighted by molar-refractivity contribution is 4.99. The summed E-state index contributed by atoms with van der Waals surface area (Å²) >= 11 is 0. The molecule has 6 atom stereocenters. The molecule has 0 aliphatic heterocycles. The topological polar surface area (TPSA) is 107 Å². The molecule has 262 valence electrons. The van der Waals surface area contributed by atoms with Crippen LogP contribution in [0.4, 0.5) is 0 Å². The van der Waals surface area contributed by atoms with Gasteiger partial charge in [-0.05, 0) is 102 Å². The summed E-state index contributed by atoms with van der Waals surface area (Å²) < 4.78 is 4.24. The first kappa shape index (κ1) is 36.5. The molecule has 0 bridgehead atoms. The average Bonchev–Trinajstić information content (AvgIpc) is 2.83. The van der Waals surface area contributed by atoms with Crippen LogP contribution in [0.15, 0.2) is 26.8 Å². The Hall–Kier alpha value is -2.29. The molecule has 0 aromatic carbocycles. The maximum Gasteiger partial charge on any atom is 0.336 e. The lowest BCUT2D eigenvalue weighted by Gasteiger charge is -2.47. The molecular formula is C37H64N4O5. The third-order valence-electron chi connectivity index (χ3n) is 11.2. The van der Waals surface area contributed by atoms with Gasteiger partial charge in [0, 0.05) is 31.9 Å². The van der Waals surface area contributed by atoms with Crippen molar-refractivity contribution in [3.8, 4) is 0 Å². The maximum absolute atomic E-state index is 14.5. The molecule has 3 aliphatic rings. The minimum atomic E-state index is -0.478. The lowest BCUT2D eigenvalue weighted by Crippen LogP contribution is -2.59. The number of hydrogen-bond acceptors (Lipinski definition) is 6. The van der Waals surface area contributed by atoms with Crippen LogP contribution in [-0.4, -0.2) is 25.0 Å². The van der Waals surface area contributed by atoms with E-state index in [9.17, 15) is 14.4 Å². The summed E-state index contributed by atoms with van der Waals surface area (Å²) in [5, 5.41) is 12.1. The fourth-order valence-electron chi connectivity index (χ4n) is 11.9. The molecule has 3 saturated carbocycles. The molecule has 1 aromatic heterocycles. The number of nitrogens with zero attached hydrogens (tertiary/aromatic N) is 3. The van der Waals surface area contributed by atoms with Crippen molar-refractivity contribution in [2.24, 2.45) is 44.3 Å². The highest BCUT2D eigenvalue weighted by Gasteiger charge is 2.45. The second-order valence-corrected chi connectivity index (χ2v) is 19.8. The van der Waals surface area contributed by atoms with E-state index >= 15 is 0 Å². The molecule has 9 nitrogen and oxygen atoms in total. The molecule has 1 aromatic rings. The van der Waals surface area contributed by atoms with E-state index in [2.05, 4.69) is 86.4 Å². The highest BCUT2D eigenvalue weighted by atomic mass is 17.1. The molecule has 9 heteroatoms. The number of hydrogen-bond donors (Lipinski definition) is 2. The first-order valence-electron chi connectivity index (χ1n) is 17.6. The van der Waals surface area contributed by atoms with Crippen molar-refractivity contribution in [2.75, 3.05) is 0 Å². The zero-order valence-electron chi connectivity index (χ0n) is 30.8. The van der Waals surface area contributed by atoms with Gasteiger partial charge in [0.05, 0.1) is 0 Å². The summed E-state index contributed by atoms with van der Waals surface area (Å²) in [4.78, 5) is 47.5. The Morgan fingerprint density at radius 1 is 0.630 bits per heavy atom. The van der Waals surface area contributed by atoms with Crippen LogP contribution >= 0.6 is 0 Å². The Morgan fingerprint density at radius 3 is 1.33 bits per heavy atom. The number of nitrogens with one attached hydrogen (secondary N) is 1. The summed E-state index contributed by atoms with van der Waals surface area (Å²) in [7, 11) is 0. The summed E-state index contributed by atoms with van der Waals surface area (Å²) in [6, 6.07) is 0.0683. The predicted octanol–water partition coefficient (Wildman–Crippen LogP) is 7.01. The normalized spacial score (nSPS) is 35.6. The van der Waals surface area contributed by atoms with E-state index in [1.807, 2.05) is 0 Å². The van der Waals surface area contributed by atoms with Gasteiger partial charge >= 0.3 is 17.1 Å². The van der Waals surface area contributed by atoms with Crippen LogP contribution in [0.2, 0.25) is 0 Å². The van der Waals surface area contributed by atoms with Crippen molar-refractivity contribution >= 4 is 0 Å². The molecule has 46 heavy (non-hydrogen) atoms. The molecule has 3 aliphatic carbocycles. The Kier molecular flexibility index (Phi) is 10.0. The Morgan fingerprint density at radius 2 is 0.978 bits per heavy atom. The molecule has 0 radical (unpaired) electrons. The van der Waals surface area contributed by atoms with E-state index in [0.29, 0.717) is 24.9 Å². The minimum Gasteiger partial charge on any atom is -0.386 e. The van der Waals surface area contributed by atoms with Crippen LogP contribution in [0, 0.1) is 44.3 Å². The predicted molar refractivity (Wildman–Crippen MR) is 185 cm³/mol. The fourth-order valence-corrected chi connectivity index (χ4v) is 11.9. The quantitative estimate of drug-likeness (QED) is 0.170. The van der Waals surface area contributed by atoms with E-state index in [0.717, 1.165) is 57.8 Å². The van der Waals surface area contributed by atoms with Gasteiger partial charge in [0.1, 0.15) is 6.26 Å². The van der Waals surface area contributed by atoms with Crippen LogP contribution < -0.4 is 22.4 Å². The van der Waals surface area contributed by atoms with Gasteiger partial charge in [0.2, 0.25) is 0 Å². The van der Waals surface area contributed by atoms with Crippen LogP contribution in [0.5, 0.6) is 0 Å². The van der Waals surface area contributed by atoms with Crippen molar-refractivity contribution in [1.82, 2.24) is 19.0 Å². The summed E-state index contributed by atoms with van der Waals surface area (Å²) in [6.07, 6.45) is 11.2. The van der Waals surface area contributed by atoms with E-state index in [1.54, 1.807) is 6.20 Å². The number of aromatic nitrogens is 3. The molecule has 0 amide bonds. The molecule has 0 saturated heterocycles. The molecule has 1 heterocycles. The van der Waals surface area contributed by atoms with Crippen LogP contribution in [0.3, 0.4) is 0 Å². The average molecular weight is 645 g/mol. The number of rotatable bonds is 9. The standard InChI is InChI=1S/C37H64N4O5/c1-26-14-32(3,4)20-35(9,16-26)23-39-29(42)40(24-36(10)17-27(2)15-33(5,6)21-36)31(44)41(30(39)43)25-37(11)19-28(38-12-13-46-45)18-34(7,8)22-37/h12-13,26-28,38,45H,14-25H2,1-11H3. The third-order valence-corrected chi connectivity index (χ3v) is 11.2. The molecule has 6 unspecified atom stereocenters. The van der Waals surface area contributed by atoms with Crippen LogP contribution in [0.1, 0.15) is 134 Å². The van der Waals surface area contributed by atoms with Crippen LogP contribution in [0.25, 0.3) is 0 Å². The van der Waals surface area contributed by atoms with E-state index in [1.165, 1.54) is 20.0 Å². The smallest absolute Gasteiger partial charge is 0.336 e. The lowest BCUT2D eigenvalue weighted by atomic mass is 9.61. The summed E-state index contributed by atoms with van der Waals surface area (Å²) in [6.45, 7) is 25.6. The third kappa shape index (κ3) is 8.59. The van der Waals surface area contributed by atoms with Gasteiger partial charge in [0.15, 0.2) is 0 Å². The molecule has 3 fully saturated rings. The van der Waals surface area contributed by atoms with Crippen molar-refractivity contribution in [1.29, 1.82) is 0 Å². The Balaban J connectivity index is 1.83. The Bertz CT molecular complexity index is 1390. The first-order chi connectivity index (χ1) is 21.0. The van der Waals surface area contributed by atoms with E-state index in [-0.39, 0.29) is 45.1 Å². The SMILES string of the molecule is CC1CC(C)(C)CC(C)(Cn2c(=O)n(CC3(C)CC(C)CC(C)(C)C3)c(=O)n(CC3(C)CC(NC=COO)CC(C)(C)C3)c2=O)C1. The van der Waals surface area contributed by atoms with Crippen molar-refractivity contribution < 1.29 is 10.1 Å². The fraction of sp³-hybridized carbons (Fsp3) is 0.865. The van der Waals surface area contributed by atoms with Gasteiger partial charge in [0.25, 0.3) is 0 Å². The first-order valence-corrected chi connectivity index (χ1v) is 17.6. The second-order valence-electron chi connectivity index (χ2n) is 19.8. The Labute approximate surface area is 276 Å². The lowest BCUT2D eigenvalue weighted by molar-refractivity contribution is -0.187. The molecule has 4 rings (SSSR count). The van der Waals surface area contributed by atoms with Gasteiger partial charge in [-0.2, -0.15) is 0 Å². The zero-order valence-corrected chi connectivity index (χ0v) is 30.8. The van der Waals surface area contributed by atoms with E-state index in [4.69, 9.17) is 5.26 Å². The van der Waals surface area contributed by atoms with Gasteiger partial charge in [-0.15, -0.1) is 0 Å². The second kappa shape index (κ2) is 12.6. The monoisotopic (exact) mass is 644 g/mol. The van der Waals surface area contributed by atoms with Gasteiger partial charge < -0.3 is 10.2 Å². The summed E-state index contributed by atoms with van der Waals surface area (Å²) in [5.41, 5.74) is -2.09. The highest BCUT2D eigenvalue weighted by Crippen LogP contribution is 2.51. The molecule has 0 spiro atoms. The van der Waals surface area contributed by atoms with Gasteiger partial charge in [-0.25, -0.2) is 33.3 Å². The molecular weight excluding hydrogens is 580 g/mol. The minimum absolute atomic E-state index is 0.0513. The molecule has 2 N–H and O–H groups in total. The van der Waals surface area contributed by atoms with Gasteiger partial charge in [-0.1, -0.05) is 76.2 Å². The summed E-state index contributed by atoms with van der Waals surface area (Å²) in [5.74, 6) is 0.973. The van der Waals surface area contributed by atoms with E-state index < -0.39 is 17.1 Å².